The third kappa shape index (κ3) is 4.80. The molecular weight excluding hydrogens is 250 g/mol. The van der Waals surface area contributed by atoms with Gasteiger partial charge in [-0.25, -0.2) is 0 Å². The second kappa shape index (κ2) is 7.65. The fourth-order valence-electron chi connectivity index (χ4n) is 2.45. The van der Waals surface area contributed by atoms with Gasteiger partial charge in [-0.05, 0) is 63.3 Å². The molecule has 1 N–H and O–H groups in total. The zero-order chi connectivity index (χ0) is 14.4. The highest BCUT2D eigenvalue weighted by molar-refractivity contribution is 5.30. The van der Waals surface area contributed by atoms with Crippen LogP contribution < -0.4 is 10.1 Å². The van der Waals surface area contributed by atoms with Crippen LogP contribution in [-0.2, 0) is 4.74 Å². The second-order valence-electron chi connectivity index (χ2n) is 5.82. The van der Waals surface area contributed by atoms with E-state index in [1.165, 1.54) is 18.4 Å². The molecule has 0 aromatic heterocycles. The van der Waals surface area contributed by atoms with Crippen LogP contribution in [0.25, 0.3) is 0 Å². The number of hydrogen-bond donors (Lipinski definition) is 1. The molecule has 0 bridgehead atoms. The van der Waals surface area contributed by atoms with E-state index in [-0.39, 0.29) is 0 Å². The summed E-state index contributed by atoms with van der Waals surface area (Å²) in [6.45, 7) is 6.01. The Morgan fingerprint density at radius 2 is 1.90 bits per heavy atom. The molecule has 0 amide bonds. The van der Waals surface area contributed by atoms with Crippen molar-refractivity contribution >= 4 is 0 Å². The van der Waals surface area contributed by atoms with Gasteiger partial charge in [0.25, 0.3) is 0 Å². The van der Waals surface area contributed by atoms with E-state index in [4.69, 9.17) is 9.47 Å². The van der Waals surface area contributed by atoms with Crippen molar-refractivity contribution in [2.45, 2.75) is 45.3 Å². The highest BCUT2D eigenvalue weighted by Crippen LogP contribution is 2.41. The van der Waals surface area contributed by atoms with E-state index in [9.17, 15) is 0 Å². The Morgan fingerprint density at radius 3 is 2.45 bits per heavy atom. The molecular formula is C17H27NO2. The largest absolute Gasteiger partial charge is 0.497 e. The Hall–Kier alpha value is -1.06. The smallest absolute Gasteiger partial charge is 0.118 e. The quantitative estimate of drug-likeness (QED) is 0.700. The van der Waals surface area contributed by atoms with Crippen LogP contribution in [0.15, 0.2) is 24.3 Å². The molecule has 0 heterocycles. The van der Waals surface area contributed by atoms with Gasteiger partial charge in [-0.15, -0.1) is 0 Å². The normalized spacial score (nSPS) is 16.4. The van der Waals surface area contributed by atoms with Gasteiger partial charge in [-0.3, -0.25) is 0 Å². The van der Waals surface area contributed by atoms with Crippen LogP contribution in [0, 0.1) is 5.92 Å². The van der Waals surface area contributed by atoms with Crippen molar-refractivity contribution in [3.05, 3.63) is 29.8 Å². The molecule has 1 unspecified atom stereocenters. The molecule has 2 rings (SSSR count). The van der Waals surface area contributed by atoms with Crippen molar-refractivity contribution in [2.24, 2.45) is 5.92 Å². The first-order valence-corrected chi connectivity index (χ1v) is 7.69. The van der Waals surface area contributed by atoms with Gasteiger partial charge in [-0.2, -0.15) is 0 Å². The number of rotatable bonds is 9. The summed E-state index contributed by atoms with van der Waals surface area (Å²) in [5, 5.41) is 3.69. The van der Waals surface area contributed by atoms with Gasteiger partial charge in [0, 0.05) is 12.6 Å². The number of ether oxygens (including phenoxy) is 2. The maximum atomic E-state index is 5.58. The summed E-state index contributed by atoms with van der Waals surface area (Å²) in [6.07, 6.45) is 4.08. The number of benzene rings is 1. The van der Waals surface area contributed by atoms with Crippen LogP contribution in [-0.4, -0.2) is 26.4 Å². The van der Waals surface area contributed by atoms with Crippen LogP contribution in [0.1, 0.15) is 44.7 Å². The van der Waals surface area contributed by atoms with Crippen molar-refractivity contribution in [2.75, 3.05) is 20.3 Å². The van der Waals surface area contributed by atoms with E-state index in [1.807, 2.05) is 12.1 Å². The summed E-state index contributed by atoms with van der Waals surface area (Å²) in [5.41, 5.74) is 1.37. The molecule has 1 aliphatic carbocycles. The summed E-state index contributed by atoms with van der Waals surface area (Å²) < 4.78 is 10.8. The lowest BCUT2D eigenvalue weighted by molar-refractivity contribution is 0.0766. The number of hydrogen-bond acceptors (Lipinski definition) is 3. The number of nitrogens with one attached hydrogen (secondary N) is 1. The maximum Gasteiger partial charge on any atom is 0.118 e. The van der Waals surface area contributed by atoms with Crippen molar-refractivity contribution in [3.8, 4) is 5.75 Å². The number of methoxy groups -OCH3 is 1. The van der Waals surface area contributed by atoms with E-state index in [1.54, 1.807) is 7.11 Å². The molecule has 1 fully saturated rings. The Balaban J connectivity index is 1.81. The predicted octanol–water partition coefficient (Wildman–Crippen LogP) is 3.55. The minimum Gasteiger partial charge on any atom is -0.497 e. The van der Waals surface area contributed by atoms with E-state index < -0.39 is 0 Å². The van der Waals surface area contributed by atoms with Crippen molar-refractivity contribution in [1.82, 2.24) is 5.32 Å². The van der Waals surface area contributed by atoms with Crippen molar-refractivity contribution in [3.63, 3.8) is 0 Å². The fourth-order valence-corrected chi connectivity index (χ4v) is 2.45. The molecule has 20 heavy (non-hydrogen) atoms. The molecule has 0 aliphatic heterocycles. The molecule has 1 saturated carbocycles. The van der Waals surface area contributed by atoms with E-state index in [2.05, 4.69) is 31.3 Å². The highest BCUT2D eigenvalue weighted by atomic mass is 16.5. The van der Waals surface area contributed by atoms with Gasteiger partial charge < -0.3 is 14.8 Å². The average molecular weight is 277 g/mol. The SMILES string of the molecule is COc1ccc(C(NCCCOC(C)C)C2CC2)cc1. The topological polar surface area (TPSA) is 30.5 Å². The Bertz CT molecular complexity index is 384. The molecule has 3 heteroatoms. The van der Waals surface area contributed by atoms with Crippen LogP contribution in [0.4, 0.5) is 0 Å². The molecule has 3 nitrogen and oxygen atoms in total. The summed E-state index contributed by atoms with van der Waals surface area (Å²) in [4.78, 5) is 0. The van der Waals surface area contributed by atoms with Gasteiger partial charge in [0.1, 0.15) is 5.75 Å². The monoisotopic (exact) mass is 277 g/mol. The molecule has 1 aliphatic rings. The lowest BCUT2D eigenvalue weighted by atomic mass is 10.0. The zero-order valence-electron chi connectivity index (χ0n) is 12.9. The Labute approximate surface area is 122 Å². The predicted molar refractivity (Wildman–Crippen MR) is 82.2 cm³/mol. The van der Waals surface area contributed by atoms with E-state index in [0.29, 0.717) is 12.1 Å². The van der Waals surface area contributed by atoms with E-state index >= 15 is 0 Å². The lowest BCUT2D eigenvalue weighted by Gasteiger charge is -2.19. The molecule has 0 spiro atoms. The summed E-state index contributed by atoms with van der Waals surface area (Å²) in [7, 11) is 1.71. The van der Waals surface area contributed by atoms with Gasteiger partial charge >= 0.3 is 0 Å². The average Bonchev–Trinajstić information content (AvgIpc) is 3.27. The standard InChI is InChI=1S/C17H27NO2/c1-13(2)20-12-4-11-18-17(14-5-6-14)15-7-9-16(19-3)10-8-15/h7-10,13-14,17-18H,4-6,11-12H2,1-3H3. The third-order valence-corrected chi connectivity index (χ3v) is 3.70. The first-order chi connectivity index (χ1) is 9.70. The Kier molecular flexibility index (Phi) is 5.86. The second-order valence-corrected chi connectivity index (χ2v) is 5.82. The van der Waals surface area contributed by atoms with Crippen LogP contribution >= 0.6 is 0 Å². The molecule has 1 aromatic rings. The minimum atomic E-state index is 0.329. The summed E-state index contributed by atoms with van der Waals surface area (Å²) in [6, 6.07) is 8.95. The lowest BCUT2D eigenvalue weighted by Crippen LogP contribution is -2.25. The first kappa shape index (κ1) is 15.3. The van der Waals surface area contributed by atoms with Crippen LogP contribution in [0.3, 0.4) is 0 Å². The maximum absolute atomic E-state index is 5.58. The molecule has 112 valence electrons. The highest BCUT2D eigenvalue weighted by Gasteiger charge is 2.31. The molecule has 1 atom stereocenters. The van der Waals surface area contributed by atoms with E-state index in [0.717, 1.165) is 31.2 Å². The fraction of sp³-hybridized carbons (Fsp3) is 0.647. The third-order valence-electron chi connectivity index (χ3n) is 3.70. The molecule has 0 radical (unpaired) electrons. The molecule has 0 saturated heterocycles. The minimum absolute atomic E-state index is 0.329. The Morgan fingerprint density at radius 1 is 1.20 bits per heavy atom. The van der Waals surface area contributed by atoms with Crippen LogP contribution in [0.2, 0.25) is 0 Å². The van der Waals surface area contributed by atoms with Gasteiger partial charge in [0.05, 0.1) is 13.2 Å². The zero-order valence-corrected chi connectivity index (χ0v) is 12.9. The van der Waals surface area contributed by atoms with Crippen molar-refractivity contribution < 1.29 is 9.47 Å². The van der Waals surface area contributed by atoms with Crippen molar-refractivity contribution in [1.29, 1.82) is 0 Å². The van der Waals surface area contributed by atoms with Crippen LogP contribution in [0.5, 0.6) is 5.75 Å². The van der Waals surface area contributed by atoms with Gasteiger partial charge in [0.2, 0.25) is 0 Å². The molecule has 1 aromatic carbocycles. The summed E-state index contributed by atoms with van der Waals surface area (Å²) >= 11 is 0. The first-order valence-electron chi connectivity index (χ1n) is 7.69. The van der Waals surface area contributed by atoms with Gasteiger partial charge in [-0.1, -0.05) is 12.1 Å². The van der Waals surface area contributed by atoms with Gasteiger partial charge in [0.15, 0.2) is 0 Å². The summed E-state index contributed by atoms with van der Waals surface area (Å²) in [5.74, 6) is 1.73.